The number of aliphatic hydroxyl groups excluding tert-OH is 1. The molecule has 0 aromatic heterocycles. The largest absolute Gasteiger partial charge is 0.478 e. The Morgan fingerprint density at radius 1 is 1.29 bits per heavy atom. The fourth-order valence-corrected chi connectivity index (χ4v) is 2.34. The van der Waals surface area contributed by atoms with Gasteiger partial charge in [-0.2, -0.15) is 0 Å². The predicted molar refractivity (Wildman–Crippen MR) is 70.3 cm³/mol. The monoisotopic (exact) mass is 321 g/mol. The lowest BCUT2D eigenvalue weighted by Crippen LogP contribution is -2.35. The maximum absolute atomic E-state index is 12.1. The van der Waals surface area contributed by atoms with E-state index >= 15 is 0 Å². The molecule has 1 aromatic carbocycles. The van der Waals surface area contributed by atoms with Gasteiger partial charge in [0.15, 0.2) is 0 Å². The second-order valence-electron chi connectivity index (χ2n) is 3.99. The summed E-state index contributed by atoms with van der Waals surface area (Å²) in [6, 6.07) is 5.10. The molecule has 0 aliphatic carbocycles. The highest BCUT2D eigenvalue weighted by Gasteiger charge is 2.21. The van der Waals surface area contributed by atoms with Crippen LogP contribution in [0.5, 0.6) is 0 Å². The van der Waals surface area contributed by atoms with Crippen molar-refractivity contribution in [1.82, 2.24) is 4.72 Å². The summed E-state index contributed by atoms with van der Waals surface area (Å²) < 4.78 is 49.5. The number of alkyl halides is 2. The van der Waals surface area contributed by atoms with Gasteiger partial charge in [-0.25, -0.2) is 26.7 Å². The van der Waals surface area contributed by atoms with Crippen molar-refractivity contribution in [3.8, 4) is 0 Å². The Bertz CT molecular complexity index is 613. The van der Waals surface area contributed by atoms with Crippen LogP contribution in [0.3, 0.4) is 0 Å². The number of benzene rings is 1. The van der Waals surface area contributed by atoms with Crippen molar-refractivity contribution in [2.24, 2.45) is 0 Å². The molecule has 21 heavy (non-hydrogen) atoms. The van der Waals surface area contributed by atoms with Gasteiger partial charge in [-0.1, -0.05) is 12.1 Å². The molecule has 1 aromatic rings. The number of carboxylic acids is 1. The van der Waals surface area contributed by atoms with Crippen LogP contribution in [0.4, 0.5) is 8.78 Å². The average Bonchev–Trinajstić information content (AvgIpc) is 2.43. The van der Waals surface area contributed by atoms with Crippen LogP contribution in [-0.4, -0.2) is 43.7 Å². The van der Waals surface area contributed by atoms with E-state index in [4.69, 9.17) is 10.2 Å². The number of hydrogen-bond acceptors (Lipinski definition) is 4. The zero-order chi connectivity index (χ0) is 16.0. The minimum absolute atomic E-state index is 0.184. The van der Waals surface area contributed by atoms with Crippen molar-refractivity contribution in [2.45, 2.75) is 17.4 Å². The fourth-order valence-electron chi connectivity index (χ4n) is 1.29. The second kappa shape index (κ2) is 7.25. The highest BCUT2D eigenvalue weighted by atomic mass is 32.2. The van der Waals surface area contributed by atoms with Crippen molar-refractivity contribution in [3.05, 3.63) is 35.9 Å². The molecule has 1 rings (SSSR count). The standard InChI is InChI=1S/C12H13F2NO5S/c13-12(14)10(16)7-15-21(19,20)9-4-1-8(2-5-9)3-6-11(17)18/h1-6,10,12,15-16H,7H2,(H,17,18)/b6-3+. The fraction of sp³-hybridized carbons (Fsp3) is 0.250. The molecular formula is C12H13F2NO5S. The molecule has 1 unspecified atom stereocenters. The Labute approximate surface area is 119 Å². The molecule has 0 heterocycles. The molecule has 0 bridgehead atoms. The van der Waals surface area contributed by atoms with E-state index in [2.05, 4.69) is 0 Å². The second-order valence-corrected chi connectivity index (χ2v) is 5.76. The van der Waals surface area contributed by atoms with Crippen LogP contribution in [0.2, 0.25) is 0 Å². The quantitative estimate of drug-likeness (QED) is 0.641. The smallest absolute Gasteiger partial charge is 0.328 e. The van der Waals surface area contributed by atoms with Crippen LogP contribution >= 0.6 is 0 Å². The van der Waals surface area contributed by atoms with Crippen LogP contribution < -0.4 is 4.72 Å². The molecular weight excluding hydrogens is 308 g/mol. The van der Waals surface area contributed by atoms with E-state index in [1.165, 1.54) is 30.3 Å². The van der Waals surface area contributed by atoms with Crippen molar-refractivity contribution in [1.29, 1.82) is 0 Å². The summed E-state index contributed by atoms with van der Waals surface area (Å²) in [6.45, 7) is -0.805. The molecule has 6 nitrogen and oxygen atoms in total. The number of hydrogen-bond donors (Lipinski definition) is 3. The summed E-state index contributed by atoms with van der Waals surface area (Å²) in [6.07, 6.45) is -2.97. The average molecular weight is 321 g/mol. The first kappa shape index (κ1) is 17.2. The number of sulfonamides is 1. The van der Waals surface area contributed by atoms with Crippen LogP contribution in [0.25, 0.3) is 6.08 Å². The lowest BCUT2D eigenvalue weighted by Gasteiger charge is -2.11. The minimum Gasteiger partial charge on any atom is -0.478 e. The molecule has 0 spiro atoms. The number of carboxylic acid groups (broad SMARTS) is 1. The van der Waals surface area contributed by atoms with Gasteiger partial charge in [-0.15, -0.1) is 0 Å². The molecule has 116 valence electrons. The molecule has 0 aliphatic rings. The summed E-state index contributed by atoms with van der Waals surface area (Å²) in [7, 11) is -4.02. The van der Waals surface area contributed by atoms with E-state index in [0.29, 0.717) is 5.56 Å². The number of nitrogens with one attached hydrogen (secondary N) is 1. The molecule has 0 saturated heterocycles. The maximum Gasteiger partial charge on any atom is 0.328 e. The van der Waals surface area contributed by atoms with Crippen LogP contribution in [0.15, 0.2) is 35.2 Å². The van der Waals surface area contributed by atoms with Crippen molar-refractivity contribution < 1.29 is 32.2 Å². The van der Waals surface area contributed by atoms with Gasteiger partial charge in [0.05, 0.1) is 4.90 Å². The topological polar surface area (TPSA) is 104 Å². The van der Waals surface area contributed by atoms with Gasteiger partial charge in [0, 0.05) is 12.6 Å². The summed E-state index contributed by atoms with van der Waals surface area (Å²) in [4.78, 5) is 10.1. The normalized spacial score (nSPS) is 13.7. The molecule has 0 fully saturated rings. The highest BCUT2D eigenvalue weighted by Crippen LogP contribution is 2.12. The zero-order valence-corrected chi connectivity index (χ0v) is 11.4. The van der Waals surface area contributed by atoms with Crippen LogP contribution in [0.1, 0.15) is 5.56 Å². The number of carbonyl (C=O) groups is 1. The molecule has 1 atom stereocenters. The lowest BCUT2D eigenvalue weighted by atomic mass is 10.2. The Balaban J connectivity index is 2.78. The molecule has 9 heteroatoms. The van der Waals surface area contributed by atoms with E-state index in [1.807, 2.05) is 4.72 Å². The van der Waals surface area contributed by atoms with Crippen molar-refractivity contribution >= 4 is 22.1 Å². The Hall–Kier alpha value is -1.84. The van der Waals surface area contributed by atoms with E-state index in [-0.39, 0.29) is 4.90 Å². The van der Waals surface area contributed by atoms with Gasteiger partial charge in [0.25, 0.3) is 6.43 Å². The van der Waals surface area contributed by atoms with Gasteiger partial charge in [-0.05, 0) is 23.8 Å². The van der Waals surface area contributed by atoms with Gasteiger partial charge in [0.2, 0.25) is 10.0 Å². The molecule has 3 N–H and O–H groups in total. The Morgan fingerprint density at radius 2 is 1.86 bits per heavy atom. The van der Waals surface area contributed by atoms with E-state index < -0.39 is 35.1 Å². The summed E-state index contributed by atoms with van der Waals surface area (Å²) in [5.74, 6) is -1.14. The molecule has 0 radical (unpaired) electrons. The lowest BCUT2D eigenvalue weighted by molar-refractivity contribution is -0.131. The molecule has 0 aliphatic heterocycles. The first-order chi connectivity index (χ1) is 9.72. The third-order valence-electron chi connectivity index (χ3n) is 2.38. The summed E-state index contributed by atoms with van der Waals surface area (Å²) in [5.41, 5.74) is 0.462. The van der Waals surface area contributed by atoms with E-state index in [0.717, 1.165) is 6.08 Å². The first-order valence-electron chi connectivity index (χ1n) is 5.69. The number of aliphatic carboxylic acids is 1. The number of aliphatic hydroxyl groups is 1. The Kier molecular flexibility index (Phi) is 5.94. The van der Waals surface area contributed by atoms with Crippen LogP contribution in [0, 0.1) is 0 Å². The zero-order valence-electron chi connectivity index (χ0n) is 10.6. The maximum atomic E-state index is 12.1. The summed E-state index contributed by atoms with van der Waals surface area (Å²) >= 11 is 0. The van der Waals surface area contributed by atoms with Crippen molar-refractivity contribution in [3.63, 3.8) is 0 Å². The predicted octanol–water partition coefficient (Wildman–Crippen LogP) is 0.689. The van der Waals surface area contributed by atoms with Crippen molar-refractivity contribution in [2.75, 3.05) is 6.54 Å². The minimum atomic E-state index is -4.02. The summed E-state index contributed by atoms with van der Waals surface area (Å²) in [5, 5.41) is 17.3. The van der Waals surface area contributed by atoms with E-state index in [9.17, 15) is 22.0 Å². The van der Waals surface area contributed by atoms with Gasteiger partial charge in [-0.3, -0.25) is 0 Å². The third-order valence-corrected chi connectivity index (χ3v) is 3.82. The SMILES string of the molecule is O=C(O)/C=C/c1ccc(S(=O)(=O)NCC(O)C(F)F)cc1. The molecule has 0 amide bonds. The molecule has 0 saturated carbocycles. The van der Waals surface area contributed by atoms with Gasteiger partial charge in [0.1, 0.15) is 6.10 Å². The Morgan fingerprint density at radius 3 is 2.33 bits per heavy atom. The number of rotatable bonds is 7. The highest BCUT2D eigenvalue weighted by molar-refractivity contribution is 7.89. The number of halogens is 2. The first-order valence-corrected chi connectivity index (χ1v) is 7.17. The van der Waals surface area contributed by atoms with E-state index in [1.54, 1.807) is 0 Å². The van der Waals surface area contributed by atoms with Gasteiger partial charge < -0.3 is 10.2 Å². The van der Waals surface area contributed by atoms with Crippen LogP contribution in [-0.2, 0) is 14.8 Å². The third kappa shape index (κ3) is 5.58. The van der Waals surface area contributed by atoms with Gasteiger partial charge >= 0.3 is 5.97 Å².